The summed E-state index contributed by atoms with van der Waals surface area (Å²) in [5.41, 5.74) is -0.465. The molecular weight excluding hydrogens is 270 g/mol. The summed E-state index contributed by atoms with van der Waals surface area (Å²) < 4.78 is 5.27. The van der Waals surface area contributed by atoms with Crippen molar-refractivity contribution < 1.29 is 14.3 Å². The first-order chi connectivity index (χ1) is 9.67. The van der Waals surface area contributed by atoms with Crippen molar-refractivity contribution in [2.75, 3.05) is 40.3 Å². The number of amides is 2. The predicted octanol–water partition coefficient (Wildman–Crippen LogP) is 1.09. The molecule has 0 saturated carbocycles. The zero-order valence-electron chi connectivity index (χ0n) is 13.7. The van der Waals surface area contributed by atoms with Crippen molar-refractivity contribution in [1.29, 1.82) is 0 Å². The molecule has 0 atom stereocenters. The average Bonchev–Trinajstić information content (AvgIpc) is 2.23. The van der Waals surface area contributed by atoms with E-state index in [0.29, 0.717) is 25.6 Å². The summed E-state index contributed by atoms with van der Waals surface area (Å²) in [6.45, 7) is 8.15. The normalized spacial score (nSPS) is 16.2. The summed E-state index contributed by atoms with van der Waals surface area (Å²) in [7, 11) is 3.89. The van der Waals surface area contributed by atoms with Gasteiger partial charge >= 0.3 is 6.09 Å². The monoisotopic (exact) mass is 297 g/mol. The molecule has 0 aromatic carbocycles. The van der Waals surface area contributed by atoms with Crippen LogP contribution < -0.4 is 5.32 Å². The molecule has 0 aromatic rings. The first-order valence-corrected chi connectivity index (χ1v) is 7.24. The fourth-order valence-electron chi connectivity index (χ4n) is 1.85. The molecule has 1 rings (SSSR count). The van der Waals surface area contributed by atoms with Crippen molar-refractivity contribution in [3.63, 3.8) is 0 Å². The van der Waals surface area contributed by atoms with Crippen LogP contribution in [0.25, 0.3) is 0 Å². The van der Waals surface area contributed by atoms with Crippen LogP contribution in [0.15, 0.2) is 12.2 Å². The van der Waals surface area contributed by atoms with E-state index >= 15 is 0 Å². The zero-order valence-corrected chi connectivity index (χ0v) is 13.7. The molecule has 1 aliphatic heterocycles. The van der Waals surface area contributed by atoms with Crippen LogP contribution in [0.1, 0.15) is 20.8 Å². The highest BCUT2D eigenvalue weighted by molar-refractivity contribution is 5.87. The minimum atomic E-state index is -0.465. The number of ether oxygens (including phenoxy) is 1. The van der Waals surface area contributed by atoms with Crippen LogP contribution in [0.4, 0.5) is 4.79 Å². The van der Waals surface area contributed by atoms with E-state index in [1.807, 2.05) is 45.8 Å². The zero-order chi connectivity index (χ0) is 16.0. The molecule has 1 saturated heterocycles. The van der Waals surface area contributed by atoms with Crippen LogP contribution >= 0.6 is 0 Å². The number of nitrogens with one attached hydrogen (secondary N) is 1. The van der Waals surface area contributed by atoms with Gasteiger partial charge in [-0.2, -0.15) is 0 Å². The third-order valence-electron chi connectivity index (χ3n) is 2.91. The minimum absolute atomic E-state index is 0.0902. The minimum Gasteiger partial charge on any atom is -0.444 e. The molecule has 0 bridgehead atoms. The van der Waals surface area contributed by atoms with Gasteiger partial charge in [-0.05, 0) is 34.9 Å². The summed E-state index contributed by atoms with van der Waals surface area (Å²) >= 11 is 0. The van der Waals surface area contributed by atoms with Crippen LogP contribution in [0.3, 0.4) is 0 Å². The maximum Gasteiger partial charge on any atom is 0.410 e. The van der Waals surface area contributed by atoms with Gasteiger partial charge in [0.15, 0.2) is 0 Å². The van der Waals surface area contributed by atoms with Crippen molar-refractivity contribution >= 4 is 12.0 Å². The standard InChI is InChI=1S/C15H27N3O3/c1-15(2,3)21-14(20)18-10-12(11-18)9-16-13(19)7-6-8-17(4)5/h6-7,12H,8-11H2,1-5H3,(H,16,19)/b7-6+. The number of carbonyl (C=O) groups excluding carboxylic acids is 2. The Morgan fingerprint density at radius 2 is 1.95 bits per heavy atom. The molecule has 0 unspecified atom stereocenters. The number of rotatable bonds is 5. The summed E-state index contributed by atoms with van der Waals surface area (Å²) in [6.07, 6.45) is 3.09. The fraction of sp³-hybridized carbons (Fsp3) is 0.733. The lowest BCUT2D eigenvalue weighted by Gasteiger charge is -2.39. The summed E-state index contributed by atoms with van der Waals surface area (Å²) in [6, 6.07) is 0. The Balaban J connectivity index is 2.16. The molecule has 1 N–H and O–H groups in total. The molecule has 1 fully saturated rings. The van der Waals surface area contributed by atoms with Crippen LogP contribution in [0.2, 0.25) is 0 Å². The van der Waals surface area contributed by atoms with E-state index in [1.54, 1.807) is 11.0 Å². The molecule has 0 radical (unpaired) electrons. The van der Waals surface area contributed by atoms with Crippen LogP contribution in [-0.2, 0) is 9.53 Å². The lowest BCUT2D eigenvalue weighted by Crippen LogP contribution is -2.54. The van der Waals surface area contributed by atoms with E-state index in [1.165, 1.54) is 0 Å². The van der Waals surface area contributed by atoms with E-state index in [4.69, 9.17) is 4.74 Å². The summed E-state index contributed by atoms with van der Waals surface area (Å²) in [5, 5.41) is 2.84. The maximum absolute atomic E-state index is 11.7. The van der Waals surface area contributed by atoms with Gasteiger partial charge in [0, 0.05) is 38.2 Å². The van der Waals surface area contributed by atoms with Gasteiger partial charge in [-0.15, -0.1) is 0 Å². The first kappa shape index (κ1) is 17.5. The van der Waals surface area contributed by atoms with E-state index in [-0.39, 0.29) is 12.0 Å². The average molecular weight is 297 g/mol. The molecule has 1 aliphatic rings. The number of likely N-dealkylation sites (N-methyl/N-ethyl adjacent to an activating group) is 1. The van der Waals surface area contributed by atoms with Gasteiger partial charge in [0.1, 0.15) is 5.60 Å². The van der Waals surface area contributed by atoms with Gasteiger partial charge in [0.2, 0.25) is 5.91 Å². The molecule has 2 amide bonds. The quantitative estimate of drug-likeness (QED) is 0.772. The van der Waals surface area contributed by atoms with Crippen LogP contribution in [0, 0.1) is 5.92 Å². The van der Waals surface area contributed by atoms with Crippen molar-refractivity contribution in [2.24, 2.45) is 5.92 Å². The highest BCUT2D eigenvalue weighted by atomic mass is 16.6. The second-order valence-corrected chi connectivity index (χ2v) is 6.66. The summed E-state index contributed by atoms with van der Waals surface area (Å²) in [4.78, 5) is 26.9. The SMILES string of the molecule is CN(C)C/C=C/C(=O)NCC1CN(C(=O)OC(C)(C)C)C1. The van der Waals surface area contributed by atoms with Crippen molar-refractivity contribution in [1.82, 2.24) is 15.1 Å². The van der Waals surface area contributed by atoms with Gasteiger partial charge in [0.25, 0.3) is 0 Å². The molecule has 0 spiro atoms. The molecular formula is C15H27N3O3. The largest absolute Gasteiger partial charge is 0.444 e. The van der Waals surface area contributed by atoms with Gasteiger partial charge in [0.05, 0.1) is 0 Å². The number of hydrogen-bond donors (Lipinski definition) is 1. The van der Waals surface area contributed by atoms with Gasteiger partial charge < -0.3 is 19.9 Å². The summed E-state index contributed by atoms with van der Waals surface area (Å²) in [5.74, 6) is 0.219. The van der Waals surface area contributed by atoms with Crippen molar-refractivity contribution in [2.45, 2.75) is 26.4 Å². The van der Waals surface area contributed by atoms with E-state index in [2.05, 4.69) is 5.32 Å². The second kappa shape index (κ2) is 7.45. The fourth-order valence-corrected chi connectivity index (χ4v) is 1.85. The maximum atomic E-state index is 11.7. The van der Waals surface area contributed by atoms with Crippen molar-refractivity contribution in [3.05, 3.63) is 12.2 Å². The third kappa shape index (κ3) is 7.13. The lowest BCUT2D eigenvalue weighted by atomic mass is 10.0. The molecule has 1 heterocycles. The molecule has 21 heavy (non-hydrogen) atoms. The molecule has 120 valence electrons. The van der Waals surface area contributed by atoms with E-state index < -0.39 is 5.60 Å². The van der Waals surface area contributed by atoms with Crippen LogP contribution in [-0.4, -0.2) is 67.7 Å². The predicted molar refractivity (Wildman–Crippen MR) is 82.0 cm³/mol. The number of nitrogens with zero attached hydrogens (tertiary/aromatic N) is 2. The highest BCUT2D eigenvalue weighted by Crippen LogP contribution is 2.18. The van der Waals surface area contributed by atoms with Gasteiger partial charge in [-0.3, -0.25) is 4.79 Å². The highest BCUT2D eigenvalue weighted by Gasteiger charge is 2.33. The third-order valence-corrected chi connectivity index (χ3v) is 2.91. The second-order valence-electron chi connectivity index (χ2n) is 6.66. The van der Waals surface area contributed by atoms with Crippen LogP contribution in [0.5, 0.6) is 0 Å². The van der Waals surface area contributed by atoms with E-state index in [0.717, 1.165) is 6.54 Å². The molecule has 6 heteroatoms. The Kier molecular flexibility index (Phi) is 6.20. The smallest absolute Gasteiger partial charge is 0.410 e. The Bertz CT molecular complexity index is 393. The van der Waals surface area contributed by atoms with Gasteiger partial charge in [-0.25, -0.2) is 4.79 Å². The van der Waals surface area contributed by atoms with Gasteiger partial charge in [-0.1, -0.05) is 6.08 Å². The topological polar surface area (TPSA) is 61.9 Å². The number of hydrogen-bond acceptors (Lipinski definition) is 4. The Labute approximate surface area is 127 Å². The molecule has 0 aromatic heterocycles. The number of carbonyl (C=O) groups is 2. The Morgan fingerprint density at radius 1 is 1.33 bits per heavy atom. The van der Waals surface area contributed by atoms with Crippen molar-refractivity contribution in [3.8, 4) is 0 Å². The lowest BCUT2D eigenvalue weighted by molar-refractivity contribution is -0.116. The molecule has 0 aliphatic carbocycles. The first-order valence-electron chi connectivity index (χ1n) is 7.24. The van der Waals surface area contributed by atoms with E-state index in [9.17, 15) is 9.59 Å². The number of likely N-dealkylation sites (tertiary alicyclic amines) is 1. The Morgan fingerprint density at radius 3 is 2.48 bits per heavy atom. The molecule has 6 nitrogen and oxygen atoms in total. The Hall–Kier alpha value is -1.56.